The number of epoxide rings is 1. The Morgan fingerprint density at radius 2 is 1.12 bits per heavy atom. The topological polar surface area (TPSA) is 12.5 Å². The lowest BCUT2D eigenvalue weighted by Crippen LogP contribution is -1.92. The molecule has 2 unspecified atom stereocenters. The van der Waals surface area contributed by atoms with E-state index in [1.165, 1.54) is 51.4 Å². The maximum Gasteiger partial charge on any atom is 0.0845 e. The van der Waals surface area contributed by atoms with Crippen LogP contribution < -0.4 is 0 Å². The lowest BCUT2D eigenvalue weighted by molar-refractivity contribution is 0.357. The second-order valence-corrected chi connectivity index (χ2v) is 4.89. The van der Waals surface area contributed by atoms with Gasteiger partial charge in [-0.1, -0.05) is 51.0 Å². The first-order chi connectivity index (χ1) is 8.38. The Labute approximate surface area is 107 Å². The summed E-state index contributed by atoms with van der Waals surface area (Å²) in [7, 11) is 0. The highest BCUT2D eigenvalue weighted by atomic mass is 16.6. The van der Waals surface area contributed by atoms with E-state index < -0.39 is 0 Å². The molecule has 0 N–H and O–H groups in total. The molecule has 1 nitrogen and oxygen atoms in total. The summed E-state index contributed by atoms with van der Waals surface area (Å²) in [5, 5.41) is 0. The molecule has 98 valence electrons. The van der Waals surface area contributed by atoms with Crippen LogP contribution in [-0.4, -0.2) is 12.2 Å². The van der Waals surface area contributed by atoms with Gasteiger partial charge in [0.1, 0.15) is 0 Å². The fraction of sp³-hybridized carbons (Fsp3) is 0.750. The third-order valence-corrected chi connectivity index (χ3v) is 3.17. The number of unbranched alkanes of at least 4 members (excludes halogenated alkanes) is 2. The zero-order valence-corrected chi connectivity index (χ0v) is 11.5. The van der Waals surface area contributed by atoms with Gasteiger partial charge in [0.2, 0.25) is 0 Å². The summed E-state index contributed by atoms with van der Waals surface area (Å²) in [5.74, 6) is 0. The fourth-order valence-corrected chi connectivity index (χ4v) is 2.01. The minimum atomic E-state index is 0.556. The lowest BCUT2D eigenvalue weighted by atomic mass is 10.1. The highest BCUT2D eigenvalue weighted by molar-refractivity contribution is 4.91. The largest absolute Gasteiger partial charge is 0.370 e. The predicted octanol–water partition coefficient (Wildman–Crippen LogP) is 5.03. The van der Waals surface area contributed by atoms with Crippen LogP contribution in [0.15, 0.2) is 24.3 Å². The van der Waals surface area contributed by atoms with Crippen molar-refractivity contribution in [3.63, 3.8) is 0 Å². The molecule has 0 aromatic rings. The molecular formula is C16H28O. The van der Waals surface area contributed by atoms with Crippen molar-refractivity contribution in [3.8, 4) is 0 Å². The molecule has 0 aromatic carbocycles. The van der Waals surface area contributed by atoms with Crippen LogP contribution in [0.3, 0.4) is 0 Å². The van der Waals surface area contributed by atoms with Crippen LogP contribution in [0.5, 0.6) is 0 Å². The average Bonchev–Trinajstić information content (AvgIpc) is 3.07. The predicted molar refractivity (Wildman–Crippen MR) is 75.2 cm³/mol. The Morgan fingerprint density at radius 3 is 1.53 bits per heavy atom. The molecule has 1 heteroatoms. The Kier molecular flexibility index (Phi) is 8.08. The molecule has 0 radical (unpaired) electrons. The van der Waals surface area contributed by atoms with Gasteiger partial charge in [-0.15, -0.1) is 0 Å². The van der Waals surface area contributed by atoms with Gasteiger partial charge in [0.15, 0.2) is 0 Å². The van der Waals surface area contributed by atoms with Crippen LogP contribution in [-0.2, 0) is 4.74 Å². The Balaban J connectivity index is 1.91. The van der Waals surface area contributed by atoms with E-state index in [-0.39, 0.29) is 0 Å². The molecule has 1 fully saturated rings. The number of ether oxygens (including phenoxy) is 1. The summed E-state index contributed by atoms with van der Waals surface area (Å²) in [4.78, 5) is 0. The van der Waals surface area contributed by atoms with Crippen molar-refractivity contribution in [2.24, 2.45) is 0 Å². The zero-order valence-electron chi connectivity index (χ0n) is 11.5. The quantitative estimate of drug-likeness (QED) is 0.383. The van der Waals surface area contributed by atoms with E-state index >= 15 is 0 Å². The summed E-state index contributed by atoms with van der Waals surface area (Å²) in [5.41, 5.74) is 0. The molecule has 1 aliphatic rings. The van der Waals surface area contributed by atoms with E-state index in [0.717, 1.165) is 0 Å². The summed E-state index contributed by atoms with van der Waals surface area (Å²) in [6.45, 7) is 4.44. The Bertz CT molecular complexity index is 206. The van der Waals surface area contributed by atoms with Gasteiger partial charge in [0, 0.05) is 0 Å². The van der Waals surface area contributed by atoms with Crippen molar-refractivity contribution >= 4 is 0 Å². The SMILES string of the molecule is CCC/C=C/CCC1OC1CC/C=C/CCC. The van der Waals surface area contributed by atoms with Crippen molar-refractivity contribution < 1.29 is 4.74 Å². The first-order valence-corrected chi connectivity index (χ1v) is 7.34. The molecule has 17 heavy (non-hydrogen) atoms. The number of allylic oxidation sites excluding steroid dienone is 4. The molecule has 0 aromatic heterocycles. The maximum atomic E-state index is 5.66. The monoisotopic (exact) mass is 236 g/mol. The molecule has 1 saturated heterocycles. The summed E-state index contributed by atoms with van der Waals surface area (Å²) < 4.78 is 5.66. The Morgan fingerprint density at radius 1 is 0.706 bits per heavy atom. The van der Waals surface area contributed by atoms with Gasteiger partial charge in [-0.25, -0.2) is 0 Å². The molecule has 0 bridgehead atoms. The van der Waals surface area contributed by atoms with Crippen LogP contribution in [0.25, 0.3) is 0 Å². The molecule has 0 saturated carbocycles. The second-order valence-electron chi connectivity index (χ2n) is 4.89. The van der Waals surface area contributed by atoms with Gasteiger partial charge in [0.05, 0.1) is 12.2 Å². The zero-order chi connectivity index (χ0) is 12.3. The fourth-order valence-electron chi connectivity index (χ4n) is 2.01. The molecule has 1 heterocycles. The molecular weight excluding hydrogens is 208 g/mol. The van der Waals surface area contributed by atoms with Crippen molar-refractivity contribution in [1.29, 1.82) is 0 Å². The standard InChI is InChI=1S/C16H28O/c1-3-5-7-9-11-13-15-16(17-15)14-12-10-8-6-4-2/h7-10,15-16H,3-6,11-14H2,1-2H3/b9-7+,10-8+. The highest BCUT2D eigenvalue weighted by Crippen LogP contribution is 2.30. The van der Waals surface area contributed by atoms with E-state index in [4.69, 9.17) is 4.74 Å². The van der Waals surface area contributed by atoms with Crippen molar-refractivity contribution in [2.45, 2.75) is 77.4 Å². The van der Waals surface area contributed by atoms with Crippen LogP contribution in [0, 0.1) is 0 Å². The molecule has 1 aliphatic heterocycles. The molecule has 2 atom stereocenters. The first kappa shape index (κ1) is 14.5. The van der Waals surface area contributed by atoms with Crippen molar-refractivity contribution in [3.05, 3.63) is 24.3 Å². The van der Waals surface area contributed by atoms with Gasteiger partial charge in [-0.2, -0.15) is 0 Å². The van der Waals surface area contributed by atoms with E-state index in [1.807, 2.05) is 0 Å². The first-order valence-electron chi connectivity index (χ1n) is 7.34. The third kappa shape index (κ3) is 7.38. The normalized spacial score (nSPS) is 23.9. The van der Waals surface area contributed by atoms with Crippen LogP contribution in [0.4, 0.5) is 0 Å². The minimum absolute atomic E-state index is 0.556. The van der Waals surface area contributed by atoms with Crippen LogP contribution >= 0.6 is 0 Å². The molecule has 0 spiro atoms. The maximum absolute atomic E-state index is 5.66. The highest BCUT2D eigenvalue weighted by Gasteiger charge is 2.36. The average molecular weight is 236 g/mol. The van der Waals surface area contributed by atoms with Crippen molar-refractivity contribution in [1.82, 2.24) is 0 Å². The van der Waals surface area contributed by atoms with Gasteiger partial charge >= 0.3 is 0 Å². The van der Waals surface area contributed by atoms with E-state index in [9.17, 15) is 0 Å². The van der Waals surface area contributed by atoms with Crippen LogP contribution in [0.1, 0.15) is 65.2 Å². The number of hydrogen-bond acceptors (Lipinski definition) is 1. The number of hydrogen-bond donors (Lipinski definition) is 0. The van der Waals surface area contributed by atoms with Gasteiger partial charge < -0.3 is 4.74 Å². The molecule has 0 amide bonds. The minimum Gasteiger partial charge on any atom is -0.370 e. The van der Waals surface area contributed by atoms with E-state index in [1.54, 1.807) is 0 Å². The lowest BCUT2D eigenvalue weighted by Gasteiger charge is -1.92. The summed E-state index contributed by atoms with van der Waals surface area (Å²) >= 11 is 0. The summed E-state index contributed by atoms with van der Waals surface area (Å²) in [6.07, 6.45) is 20.1. The second kappa shape index (κ2) is 9.47. The summed E-state index contributed by atoms with van der Waals surface area (Å²) in [6, 6.07) is 0. The van der Waals surface area contributed by atoms with Crippen LogP contribution in [0.2, 0.25) is 0 Å². The van der Waals surface area contributed by atoms with E-state index in [0.29, 0.717) is 12.2 Å². The van der Waals surface area contributed by atoms with Gasteiger partial charge in [-0.3, -0.25) is 0 Å². The smallest absolute Gasteiger partial charge is 0.0845 e. The Hall–Kier alpha value is -0.560. The molecule has 0 aliphatic carbocycles. The molecule has 1 rings (SSSR count). The van der Waals surface area contributed by atoms with Crippen molar-refractivity contribution in [2.75, 3.05) is 0 Å². The van der Waals surface area contributed by atoms with Gasteiger partial charge in [0.25, 0.3) is 0 Å². The third-order valence-electron chi connectivity index (χ3n) is 3.17. The van der Waals surface area contributed by atoms with E-state index in [2.05, 4.69) is 38.2 Å². The number of rotatable bonds is 10. The van der Waals surface area contributed by atoms with Gasteiger partial charge in [-0.05, 0) is 38.5 Å².